The average Bonchev–Trinajstić information content (AvgIpc) is 2.83. The summed E-state index contributed by atoms with van der Waals surface area (Å²) in [5.41, 5.74) is -0.603. The molecule has 0 saturated carbocycles. The van der Waals surface area contributed by atoms with Crippen molar-refractivity contribution in [3.05, 3.63) is 18.1 Å². The summed E-state index contributed by atoms with van der Waals surface area (Å²) in [7, 11) is 0. The van der Waals surface area contributed by atoms with Crippen LogP contribution in [0.3, 0.4) is 0 Å². The molecule has 1 aromatic heterocycles. The average molecular weight is 338 g/mol. The Morgan fingerprint density at radius 3 is 2.67 bits per heavy atom. The Labute approximate surface area is 142 Å². The first kappa shape index (κ1) is 18.3. The normalized spacial score (nSPS) is 20.3. The Bertz CT molecular complexity index is 600. The highest BCUT2D eigenvalue weighted by Crippen LogP contribution is 2.25. The van der Waals surface area contributed by atoms with E-state index < -0.39 is 11.7 Å². The lowest BCUT2D eigenvalue weighted by Gasteiger charge is -2.35. The molecule has 134 valence electrons. The van der Waals surface area contributed by atoms with Gasteiger partial charge in [-0.3, -0.25) is 10.1 Å². The minimum absolute atomic E-state index is 0.000673. The van der Waals surface area contributed by atoms with Crippen LogP contribution in [-0.2, 0) is 9.47 Å². The zero-order valence-electron chi connectivity index (χ0n) is 14.9. The van der Waals surface area contributed by atoms with Gasteiger partial charge in [-0.1, -0.05) is 0 Å². The summed E-state index contributed by atoms with van der Waals surface area (Å²) < 4.78 is 16.1. The zero-order chi connectivity index (χ0) is 18.0. The summed E-state index contributed by atoms with van der Waals surface area (Å²) in [5.74, 6) is -0.307. The van der Waals surface area contributed by atoms with Crippen molar-refractivity contribution in [1.82, 2.24) is 5.32 Å². The monoisotopic (exact) mass is 338 g/mol. The summed E-state index contributed by atoms with van der Waals surface area (Å²) in [4.78, 5) is 24.3. The van der Waals surface area contributed by atoms with Crippen molar-refractivity contribution in [1.29, 1.82) is 0 Å². The van der Waals surface area contributed by atoms with Gasteiger partial charge in [0.25, 0.3) is 5.91 Å². The van der Waals surface area contributed by atoms with Gasteiger partial charge < -0.3 is 19.2 Å². The number of amides is 2. The lowest BCUT2D eigenvalue weighted by atomic mass is 9.94. The fraction of sp³-hybridized carbons (Fsp3) is 0.647. The van der Waals surface area contributed by atoms with Gasteiger partial charge in [0, 0.05) is 18.7 Å². The summed E-state index contributed by atoms with van der Waals surface area (Å²) in [6.07, 6.45) is 2.18. The molecule has 2 amide bonds. The van der Waals surface area contributed by atoms with Crippen molar-refractivity contribution in [3.8, 4) is 0 Å². The molecule has 0 spiro atoms. The van der Waals surface area contributed by atoms with Crippen LogP contribution in [0.4, 0.5) is 10.5 Å². The van der Waals surface area contributed by atoms with E-state index in [1.807, 2.05) is 13.8 Å². The van der Waals surface area contributed by atoms with Crippen LogP contribution in [0.2, 0.25) is 0 Å². The largest absolute Gasteiger partial charge is 0.457 e. The molecule has 24 heavy (non-hydrogen) atoms. The van der Waals surface area contributed by atoms with Crippen molar-refractivity contribution in [2.24, 2.45) is 0 Å². The Balaban J connectivity index is 1.98. The van der Waals surface area contributed by atoms with Crippen LogP contribution >= 0.6 is 0 Å². The Morgan fingerprint density at radius 1 is 1.33 bits per heavy atom. The van der Waals surface area contributed by atoms with Crippen molar-refractivity contribution < 1.29 is 23.5 Å². The van der Waals surface area contributed by atoms with E-state index >= 15 is 0 Å². The molecule has 0 bridgehead atoms. The summed E-state index contributed by atoms with van der Waals surface area (Å²) in [6.45, 7) is 9.88. The second kappa shape index (κ2) is 6.84. The second-order valence-corrected chi connectivity index (χ2v) is 7.56. The number of ether oxygens (including phenoxy) is 2. The minimum atomic E-state index is -0.634. The second-order valence-electron chi connectivity index (χ2n) is 7.56. The molecular formula is C17H26N2O5. The van der Waals surface area contributed by atoms with E-state index in [0.717, 1.165) is 6.42 Å². The summed E-state index contributed by atoms with van der Waals surface area (Å²) in [5, 5.41) is 5.48. The first-order valence-electron chi connectivity index (χ1n) is 8.08. The molecule has 0 aliphatic carbocycles. The van der Waals surface area contributed by atoms with Crippen LogP contribution in [0.5, 0.6) is 0 Å². The first-order valence-corrected chi connectivity index (χ1v) is 8.08. The molecule has 1 aliphatic heterocycles. The van der Waals surface area contributed by atoms with Crippen LogP contribution < -0.4 is 10.6 Å². The van der Waals surface area contributed by atoms with Crippen LogP contribution in [0.15, 0.2) is 16.7 Å². The molecule has 1 fully saturated rings. The highest BCUT2D eigenvalue weighted by Gasteiger charge is 2.31. The number of furan rings is 1. The minimum Gasteiger partial charge on any atom is -0.457 e. The fourth-order valence-corrected chi connectivity index (χ4v) is 2.60. The summed E-state index contributed by atoms with van der Waals surface area (Å²) >= 11 is 0. The molecular weight excluding hydrogens is 312 g/mol. The Morgan fingerprint density at radius 2 is 2.04 bits per heavy atom. The molecule has 1 aliphatic rings. The van der Waals surface area contributed by atoms with Crippen molar-refractivity contribution in [2.75, 3.05) is 11.9 Å². The smallest absolute Gasteiger partial charge is 0.412 e. The molecule has 0 unspecified atom stereocenters. The molecule has 0 aromatic carbocycles. The molecule has 7 heteroatoms. The standard InChI is InChI=1S/C17H26N2O5/c1-16(2,3)24-15(21)19-12-7-8-22-13(12)14(20)18-11-6-9-23-17(4,5)10-11/h7-8,11H,6,9-10H2,1-5H3,(H,18,20)(H,19,21)/t11-/m0/s1. The van der Waals surface area contributed by atoms with Gasteiger partial charge >= 0.3 is 6.09 Å². The van der Waals surface area contributed by atoms with Gasteiger partial charge in [0.05, 0.1) is 17.6 Å². The molecule has 1 atom stereocenters. The van der Waals surface area contributed by atoms with E-state index in [2.05, 4.69) is 10.6 Å². The highest BCUT2D eigenvalue weighted by molar-refractivity contribution is 6.00. The van der Waals surface area contributed by atoms with Crippen molar-refractivity contribution in [3.63, 3.8) is 0 Å². The predicted octanol–water partition coefficient (Wildman–Crippen LogP) is 3.31. The van der Waals surface area contributed by atoms with Crippen LogP contribution in [0.1, 0.15) is 58.0 Å². The maximum absolute atomic E-state index is 12.4. The van der Waals surface area contributed by atoms with Crippen LogP contribution in [0.25, 0.3) is 0 Å². The van der Waals surface area contributed by atoms with E-state index in [1.54, 1.807) is 20.8 Å². The highest BCUT2D eigenvalue weighted by atomic mass is 16.6. The molecule has 2 rings (SSSR count). The van der Waals surface area contributed by atoms with Crippen LogP contribution in [-0.4, -0.2) is 35.9 Å². The van der Waals surface area contributed by atoms with Gasteiger partial charge in [0.2, 0.25) is 5.76 Å². The molecule has 7 nitrogen and oxygen atoms in total. The molecule has 1 saturated heterocycles. The fourth-order valence-electron chi connectivity index (χ4n) is 2.60. The lowest BCUT2D eigenvalue weighted by Crippen LogP contribution is -2.45. The van der Waals surface area contributed by atoms with Gasteiger partial charge in [-0.2, -0.15) is 0 Å². The number of carbonyl (C=O) groups is 2. The zero-order valence-corrected chi connectivity index (χ0v) is 14.9. The molecule has 0 radical (unpaired) electrons. The lowest BCUT2D eigenvalue weighted by molar-refractivity contribution is -0.0616. The number of rotatable bonds is 3. The number of nitrogens with one attached hydrogen (secondary N) is 2. The SMILES string of the molecule is CC(C)(C)OC(=O)Nc1ccoc1C(=O)N[C@H]1CCOC(C)(C)C1. The van der Waals surface area contributed by atoms with Gasteiger partial charge in [0.1, 0.15) is 5.60 Å². The molecule has 2 heterocycles. The topological polar surface area (TPSA) is 89.8 Å². The van der Waals surface area contributed by atoms with Gasteiger partial charge in [-0.05, 0) is 47.5 Å². The third-order valence-electron chi connectivity index (χ3n) is 3.54. The quantitative estimate of drug-likeness (QED) is 0.882. The predicted molar refractivity (Wildman–Crippen MR) is 89.1 cm³/mol. The third-order valence-corrected chi connectivity index (χ3v) is 3.54. The number of anilines is 1. The van der Waals surface area contributed by atoms with E-state index in [9.17, 15) is 9.59 Å². The maximum Gasteiger partial charge on any atom is 0.412 e. The molecule has 1 aromatic rings. The summed E-state index contributed by atoms with van der Waals surface area (Å²) in [6, 6.07) is 1.52. The van der Waals surface area contributed by atoms with Crippen molar-refractivity contribution in [2.45, 2.75) is 64.7 Å². The Hall–Kier alpha value is -2.02. The number of hydrogen-bond donors (Lipinski definition) is 2. The van der Waals surface area contributed by atoms with Gasteiger partial charge in [0.15, 0.2) is 0 Å². The first-order chi connectivity index (χ1) is 11.1. The number of hydrogen-bond acceptors (Lipinski definition) is 5. The van der Waals surface area contributed by atoms with E-state index in [1.165, 1.54) is 12.3 Å². The number of carbonyl (C=O) groups excluding carboxylic acids is 2. The van der Waals surface area contributed by atoms with Gasteiger partial charge in [-0.25, -0.2) is 4.79 Å². The van der Waals surface area contributed by atoms with E-state index in [-0.39, 0.29) is 29.0 Å². The van der Waals surface area contributed by atoms with E-state index in [0.29, 0.717) is 13.0 Å². The maximum atomic E-state index is 12.4. The van der Waals surface area contributed by atoms with E-state index in [4.69, 9.17) is 13.9 Å². The third kappa shape index (κ3) is 5.26. The van der Waals surface area contributed by atoms with Crippen molar-refractivity contribution >= 4 is 17.7 Å². The van der Waals surface area contributed by atoms with Gasteiger partial charge in [-0.15, -0.1) is 0 Å². The Kier molecular flexibility index (Phi) is 5.22. The van der Waals surface area contributed by atoms with Crippen LogP contribution in [0, 0.1) is 0 Å². The molecule has 2 N–H and O–H groups in total.